The monoisotopic (exact) mass is 461 g/mol. The fourth-order valence-electron chi connectivity index (χ4n) is 5.57. The molecule has 0 saturated heterocycles. The molecule has 6 aromatic carbocycles. The van der Waals surface area contributed by atoms with Gasteiger partial charge in [0.25, 0.3) is 0 Å². The number of aliphatic imine (C=N–C) groups is 1. The van der Waals surface area contributed by atoms with Crippen molar-refractivity contribution in [2.24, 2.45) is 4.99 Å². The summed E-state index contributed by atoms with van der Waals surface area (Å²) in [7, 11) is 0. The smallest absolute Gasteiger partial charge is 0.143 e. The molecular weight excluding hydrogens is 438 g/mol. The molecule has 0 aliphatic carbocycles. The molecule has 1 unspecified atom stereocenters. The average Bonchev–Trinajstić information content (AvgIpc) is 3.35. The summed E-state index contributed by atoms with van der Waals surface area (Å²) in [4.78, 5) is 4.46. The standard InChI is InChI=1S/C34H23NO/c1-35-32(22-11-3-2-4-12-22)24-14-9-13-23(21-24)25-19-10-20-30-31-28-17-7-5-15-26(28)27-16-6-8-18-29(27)34(31)36-33(25)30/h2-21,32H,1H2. The molecule has 0 spiro atoms. The van der Waals surface area contributed by atoms with Gasteiger partial charge in [-0.25, -0.2) is 0 Å². The van der Waals surface area contributed by atoms with E-state index in [0.717, 1.165) is 44.2 Å². The Labute approximate surface area is 209 Å². The van der Waals surface area contributed by atoms with Crippen LogP contribution in [0.4, 0.5) is 0 Å². The maximum absolute atomic E-state index is 6.73. The topological polar surface area (TPSA) is 25.5 Å². The van der Waals surface area contributed by atoms with Crippen molar-refractivity contribution in [1.29, 1.82) is 0 Å². The Morgan fingerprint density at radius 3 is 1.92 bits per heavy atom. The van der Waals surface area contributed by atoms with Crippen molar-refractivity contribution in [3.8, 4) is 11.1 Å². The number of rotatable bonds is 4. The van der Waals surface area contributed by atoms with Crippen molar-refractivity contribution in [1.82, 2.24) is 0 Å². The van der Waals surface area contributed by atoms with E-state index in [2.05, 4.69) is 115 Å². The van der Waals surface area contributed by atoms with Crippen LogP contribution in [0, 0.1) is 0 Å². The minimum absolute atomic E-state index is 0.117. The van der Waals surface area contributed by atoms with Gasteiger partial charge < -0.3 is 4.42 Å². The first-order chi connectivity index (χ1) is 17.8. The van der Waals surface area contributed by atoms with Crippen molar-refractivity contribution in [3.05, 3.63) is 132 Å². The number of fused-ring (bicyclic) bond motifs is 8. The van der Waals surface area contributed by atoms with Crippen LogP contribution in [0.2, 0.25) is 0 Å². The van der Waals surface area contributed by atoms with Crippen LogP contribution in [-0.2, 0) is 0 Å². The highest BCUT2D eigenvalue weighted by Gasteiger charge is 2.19. The minimum Gasteiger partial charge on any atom is -0.455 e. The van der Waals surface area contributed by atoms with Gasteiger partial charge in [0, 0.05) is 21.7 Å². The van der Waals surface area contributed by atoms with Gasteiger partial charge in [-0.05, 0) is 45.6 Å². The van der Waals surface area contributed by atoms with Crippen LogP contribution in [0.3, 0.4) is 0 Å². The molecule has 0 N–H and O–H groups in total. The predicted molar refractivity (Wildman–Crippen MR) is 152 cm³/mol. The molecule has 170 valence electrons. The molecule has 36 heavy (non-hydrogen) atoms. The summed E-state index contributed by atoms with van der Waals surface area (Å²) >= 11 is 0. The van der Waals surface area contributed by atoms with E-state index in [4.69, 9.17) is 4.42 Å². The molecule has 7 aromatic rings. The molecule has 0 radical (unpaired) electrons. The lowest BCUT2D eigenvalue weighted by atomic mass is 9.94. The first kappa shape index (κ1) is 20.7. The Hall–Kier alpha value is -4.69. The van der Waals surface area contributed by atoms with Crippen LogP contribution in [-0.4, -0.2) is 6.72 Å². The van der Waals surface area contributed by atoms with E-state index in [0.29, 0.717) is 0 Å². The van der Waals surface area contributed by atoms with Gasteiger partial charge in [0.15, 0.2) is 0 Å². The summed E-state index contributed by atoms with van der Waals surface area (Å²) in [6.07, 6.45) is 0. The largest absolute Gasteiger partial charge is 0.455 e. The minimum atomic E-state index is -0.117. The third-order valence-corrected chi connectivity index (χ3v) is 7.19. The summed E-state index contributed by atoms with van der Waals surface area (Å²) in [6.45, 7) is 3.88. The molecule has 1 atom stereocenters. The first-order valence-electron chi connectivity index (χ1n) is 12.2. The van der Waals surface area contributed by atoms with E-state index in [1.165, 1.54) is 21.5 Å². The fourth-order valence-corrected chi connectivity index (χ4v) is 5.57. The van der Waals surface area contributed by atoms with Crippen LogP contribution < -0.4 is 0 Å². The molecule has 0 saturated carbocycles. The van der Waals surface area contributed by atoms with E-state index in [1.54, 1.807) is 0 Å². The van der Waals surface area contributed by atoms with Crippen LogP contribution in [0.1, 0.15) is 17.2 Å². The number of para-hydroxylation sites is 1. The molecule has 0 amide bonds. The number of furan rings is 1. The van der Waals surface area contributed by atoms with Gasteiger partial charge in [-0.3, -0.25) is 4.99 Å². The highest BCUT2D eigenvalue weighted by Crippen LogP contribution is 2.43. The van der Waals surface area contributed by atoms with Gasteiger partial charge in [0.1, 0.15) is 11.2 Å². The van der Waals surface area contributed by atoms with Gasteiger partial charge in [-0.15, -0.1) is 0 Å². The Morgan fingerprint density at radius 2 is 1.14 bits per heavy atom. The van der Waals surface area contributed by atoms with Gasteiger partial charge in [-0.2, -0.15) is 0 Å². The fraction of sp³-hybridized carbons (Fsp3) is 0.0294. The molecule has 2 heteroatoms. The second-order valence-corrected chi connectivity index (χ2v) is 9.20. The highest BCUT2D eigenvalue weighted by molar-refractivity contribution is 6.30. The Balaban J connectivity index is 1.50. The highest BCUT2D eigenvalue weighted by atomic mass is 16.3. The zero-order valence-electron chi connectivity index (χ0n) is 19.7. The molecule has 1 heterocycles. The first-order valence-corrected chi connectivity index (χ1v) is 12.2. The Bertz CT molecular complexity index is 1910. The number of hydrogen-bond donors (Lipinski definition) is 0. The van der Waals surface area contributed by atoms with Crippen molar-refractivity contribution in [2.45, 2.75) is 6.04 Å². The summed E-state index contributed by atoms with van der Waals surface area (Å²) < 4.78 is 6.73. The SMILES string of the molecule is C=NC(c1ccccc1)c1cccc(-c2cccc3c2oc2c4ccccc4c4ccccc4c32)c1. The van der Waals surface area contributed by atoms with Crippen molar-refractivity contribution >= 4 is 50.2 Å². The second kappa shape index (κ2) is 8.21. The molecule has 2 nitrogen and oxygen atoms in total. The van der Waals surface area contributed by atoms with Crippen molar-refractivity contribution in [2.75, 3.05) is 0 Å². The van der Waals surface area contributed by atoms with Gasteiger partial charge >= 0.3 is 0 Å². The van der Waals surface area contributed by atoms with Crippen LogP contribution in [0.5, 0.6) is 0 Å². The zero-order valence-corrected chi connectivity index (χ0v) is 19.7. The quantitative estimate of drug-likeness (QED) is 0.189. The molecule has 0 fully saturated rings. The average molecular weight is 462 g/mol. The normalized spacial score (nSPS) is 12.4. The van der Waals surface area contributed by atoms with Crippen LogP contribution in [0.15, 0.2) is 131 Å². The molecule has 0 bridgehead atoms. The van der Waals surface area contributed by atoms with E-state index in [-0.39, 0.29) is 6.04 Å². The van der Waals surface area contributed by atoms with E-state index < -0.39 is 0 Å². The maximum Gasteiger partial charge on any atom is 0.143 e. The summed E-state index contributed by atoms with van der Waals surface area (Å²) in [5.41, 5.74) is 6.28. The lowest BCUT2D eigenvalue weighted by Gasteiger charge is -2.14. The third kappa shape index (κ3) is 3.08. The second-order valence-electron chi connectivity index (χ2n) is 9.20. The number of hydrogen-bond acceptors (Lipinski definition) is 2. The summed E-state index contributed by atoms with van der Waals surface area (Å²) in [5, 5.41) is 7.13. The Kier molecular flexibility index (Phi) is 4.71. The molecule has 7 rings (SSSR count). The lowest BCUT2D eigenvalue weighted by Crippen LogP contribution is -1.97. The summed E-state index contributed by atoms with van der Waals surface area (Å²) in [5.74, 6) is 0. The number of nitrogens with zero attached hydrogens (tertiary/aromatic N) is 1. The number of benzene rings is 6. The zero-order chi connectivity index (χ0) is 24.1. The van der Waals surface area contributed by atoms with Crippen LogP contribution >= 0.6 is 0 Å². The Morgan fingerprint density at radius 1 is 0.528 bits per heavy atom. The van der Waals surface area contributed by atoms with E-state index >= 15 is 0 Å². The maximum atomic E-state index is 6.73. The van der Waals surface area contributed by atoms with Gasteiger partial charge in [0.2, 0.25) is 0 Å². The molecule has 1 aromatic heterocycles. The molecular formula is C34H23NO. The van der Waals surface area contributed by atoms with E-state index in [1.807, 2.05) is 18.2 Å². The predicted octanol–water partition coefficient (Wildman–Crippen LogP) is 9.35. The van der Waals surface area contributed by atoms with E-state index in [9.17, 15) is 0 Å². The third-order valence-electron chi connectivity index (χ3n) is 7.19. The van der Waals surface area contributed by atoms with Crippen molar-refractivity contribution < 1.29 is 4.42 Å². The molecule has 0 aliphatic heterocycles. The van der Waals surface area contributed by atoms with Gasteiger partial charge in [0.05, 0.1) is 6.04 Å². The van der Waals surface area contributed by atoms with Crippen LogP contribution in [0.25, 0.3) is 54.6 Å². The van der Waals surface area contributed by atoms with Gasteiger partial charge in [-0.1, -0.05) is 115 Å². The summed E-state index contributed by atoms with van der Waals surface area (Å²) in [6, 6.07) is 42.4. The van der Waals surface area contributed by atoms with Crippen molar-refractivity contribution in [3.63, 3.8) is 0 Å². The lowest BCUT2D eigenvalue weighted by molar-refractivity contribution is 0.674. The molecule has 0 aliphatic rings.